The summed E-state index contributed by atoms with van der Waals surface area (Å²) in [5.41, 5.74) is 2.75. The lowest BCUT2D eigenvalue weighted by Gasteiger charge is -2.11. The number of amides is 2. The van der Waals surface area contributed by atoms with Crippen LogP contribution in [0.25, 0.3) is 6.08 Å². The van der Waals surface area contributed by atoms with Crippen LogP contribution in [0, 0.1) is 6.92 Å². The topological polar surface area (TPSA) is 67.4 Å². The number of hydrogen-bond acceptors (Lipinski definition) is 4. The fraction of sp³-hybridized carbons (Fsp3) is 0.130. The Labute approximate surface area is 174 Å². The van der Waals surface area contributed by atoms with Crippen molar-refractivity contribution in [2.75, 3.05) is 7.11 Å². The number of carbonyl (C=O) groups is 2. The first-order valence-electron chi connectivity index (χ1n) is 9.09. The second-order valence-electron chi connectivity index (χ2n) is 6.43. The normalized spacial score (nSPS) is 11.0. The summed E-state index contributed by atoms with van der Waals surface area (Å²) in [6, 6.07) is 18.4. The number of rotatable bonds is 7. The van der Waals surface area contributed by atoms with Crippen LogP contribution in [-0.4, -0.2) is 18.9 Å². The van der Waals surface area contributed by atoms with E-state index in [4.69, 9.17) is 4.74 Å². The number of thiophene rings is 1. The third kappa shape index (κ3) is 5.80. The molecule has 2 aromatic carbocycles. The standard InChI is InChI=1S/C23H22N2O3S/c1-16-5-3-6-17(13-16)15-24-23(27)21(14-20-7-4-12-29-20)25-22(26)18-8-10-19(28-2)11-9-18/h3-14H,15H2,1-2H3,(H,24,27)(H,25,26)/b21-14-. The smallest absolute Gasteiger partial charge is 0.268 e. The van der Waals surface area contributed by atoms with Crippen molar-refractivity contribution >= 4 is 29.2 Å². The number of aryl methyl sites for hydroxylation is 1. The highest BCUT2D eigenvalue weighted by molar-refractivity contribution is 7.10. The molecule has 0 radical (unpaired) electrons. The van der Waals surface area contributed by atoms with Gasteiger partial charge in [-0.2, -0.15) is 0 Å². The predicted molar refractivity (Wildman–Crippen MR) is 116 cm³/mol. The first-order valence-corrected chi connectivity index (χ1v) is 9.97. The lowest BCUT2D eigenvalue weighted by molar-refractivity contribution is -0.117. The molecule has 0 bridgehead atoms. The molecule has 1 aromatic heterocycles. The van der Waals surface area contributed by atoms with Crippen LogP contribution in [0.15, 0.2) is 71.7 Å². The van der Waals surface area contributed by atoms with Crippen molar-refractivity contribution in [3.05, 3.63) is 93.3 Å². The number of hydrogen-bond donors (Lipinski definition) is 2. The number of carbonyl (C=O) groups excluding carboxylic acids is 2. The monoisotopic (exact) mass is 406 g/mol. The van der Waals surface area contributed by atoms with Crippen LogP contribution >= 0.6 is 11.3 Å². The van der Waals surface area contributed by atoms with E-state index in [0.29, 0.717) is 17.9 Å². The molecule has 0 spiro atoms. The SMILES string of the molecule is COc1ccc(C(=O)N/C(=C\c2cccs2)C(=O)NCc2cccc(C)c2)cc1. The van der Waals surface area contributed by atoms with Gasteiger partial charge in [0, 0.05) is 17.0 Å². The minimum absolute atomic E-state index is 0.195. The molecule has 2 amide bonds. The highest BCUT2D eigenvalue weighted by Gasteiger charge is 2.15. The van der Waals surface area contributed by atoms with Gasteiger partial charge in [-0.05, 0) is 54.3 Å². The third-order valence-electron chi connectivity index (χ3n) is 4.21. The van der Waals surface area contributed by atoms with Gasteiger partial charge in [-0.15, -0.1) is 11.3 Å². The lowest BCUT2D eigenvalue weighted by atomic mass is 10.1. The van der Waals surface area contributed by atoms with E-state index in [2.05, 4.69) is 10.6 Å². The molecule has 0 atom stereocenters. The van der Waals surface area contributed by atoms with E-state index < -0.39 is 0 Å². The summed E-state index contributed by atoms with van der Waals surface area (Å²) in [5.74, 6) is -0.0465. The Balaban J connectivity index is 1.75. The molecule has 0 aliphatic carbocycles. The molecule has 3 rings (SSSR count). The van der Waals surface area contributed by atoms with Crippen LogP contribution in [0.2, 0.25) is 0 Å². The van der Waals surface area contributed by atoms with E-state index in [0.717, 1.165) is 16.0 Å². The van der Waals surface area contributed by atoms with Gasteiger partial charge in [0.25, 0.3) is 11.8 Å². The fourth-order valence-corrected chi connectivity index (χ4v) is 3.37. The molecule has 6 heteroatoms. The molecule has 0 unspecified atom stereocenters. The van der Waals surface area contributed by atoms with Gasteiger partial charge in [0.05, 0.1) is 7.11 Å². The summed E-state index contributed by atoms with van der Waals surface area (Å²) in [5, 5.41) is 7.53. The number of nitrogens with one attached hydrogen (secondary N) is 2. The Kier molecular flexibility index (Phi) is 6.81. The zero-order valence-electron chi connectivity index (χ0n) is 16.3. The number of benzene rings is 2. The predicted octanol–water partition coefficient (Wildman–Crippen LogP) is 4.15. The van der Waals surface area contributed by atoms with E-state index in [1.807, 2.05) is 48.7 Å². The zero-order chi connectivity index (χ0) is 20.6. The van der Waals surface area contributed by atoms with Gasteiger partial charge in [0.15, 0.2) is 0 Å². The summed E-state index contributed by atoms with van der Waals surface area (Å²) < 4.78 is 5.11. The molecule has 5 nitrogen and oxygen atoms in total. The Morgan fingerprint density at radius 3 is 2.52 bits per heavy atom. The summed E-state index contributed by atoms with van der Waals surface area (Å²) in [7, 11) is 1.56. The highest BCUT2D eigenvalue weighted by atomic mass is 32.1. The van der Waals surface area contributed by atoms with Gasteiger partial charge in [0.1, 0.15) is 11.4 Å². The molecule has 1 heterocycles. The first kappa shape index (κ1) is 20.4. The van der Waals surface area contributed by atoms with Gasteiger partial charge in [-0.25, -0.2) is 0 Å². The van der Waals surface area contributed by atoms with Crippen molar-refractivity contribution in [2.45, 2.75) is 13.5 Å². The van der Waals surface area contributed by atoms with Gasteiger partial charge in [-0.1, -0.05) is 35.9 Å². The van der Waals surface area contributed by atoms with Crippen molar-refractivity contribution in [3.63, 3.8) is 0 Å². The Morgan fingerprint density at radius 2 is 1.86 bits per heavy atom. The quantitative estimate of drug-likeness (QED) is 0.579. The maximum absolute atomic E-state index is 12.8. The zero-order valence-corrected chi connectivity index (χ0v) is 17.1. The van der Waals surface area contributed by atoms with Gasteiger partial charge >= 0.3 is 0 Å². The van der Waals surface area contributed by atoms with Gasteiger partial charge in [0.2, 0.25) is 0 Å². The van der Waals surface area contributed by atoms with Crippen LogP contribution in [0.3, 0.4) is 0 Å². The van der Waals surface area contributed by atoms with E-state index in [-0.39, 0.29) is 17.5 Å². The van der Waals surface area contributed by atoms with E-state index >= 15 is 0 Å². The van der Waals surface area contributed by atoms with E-state index in [9.17, 15) is 9.59 Å². The van der Waals surface area contributed by atoms with Gasteiger partial charge in [-0.3, -0.25) is 9.59 Å². The average Bonchev–Trinajstić information content (AvgIpc) is 3.25. The molecule has 2 N–H and O–H groups in total. The van der Waals surface area contributed by atoms with Crippen molar-refractivity contribution in [1.82, 2.24) is 10.6 Å². The van der Waals surface area contributed by atoms with Crippen molar-refractivity contribution < 1.29 is 14.3 Å². The molecule has 3 aromatic rings. The van der Waals surface area contributed by atoms with Crippen LogP contribution in [-0.2, 0) is 11.3 Å². The molecule has 0 saturated carbocycles. The van der Waals surface area contributed by atoms with Crippen LogP contribution in [0.5, 0.6) is 5.75 Å². The maximum Gasteiger partial charge on any atom is 0.268 e. The highest BCUT2D eigenvalue weighted by Crippen LogP contribution is 2.15. The van der Waals surface area contributed by atoms with Gasteiger partial charge < -0.3 is 15.4 Å². The molecule has 0 aliphatic heterocycles. The number of ether oxygens (including phenoxy) is 1. The lowest BCUT2D eigenvalue weighted by Crippen LogP contribution is -2.34. The van der Waals surface area contributed by atoms with Crippen LogP contribution < -0.4 is 15.4 Å². The Bertz CT molecular complexity index is 1010. The van der Waals surface area contributed by atoms with Crippen LogP contribution in [0.1, 0.15) is 26.4 Å². The van der Waals surface area contributed by atoms with Crippen molar-refractivity contribution in [1.29, 1.82) is 0 Å². The number of methoxy groups -OCH3 is 1. The van der Waals surface area contributed by atoms with Crippen LogP contribution in [0.4, 0.5) is 0 Å². The largest absolute Gasteiger partial charge is 0.497 e. The van der Waals surface area contributed by atoms with Crippen molar-refractivity contribution in [2.24, 2.45) is 0 Å². The maximum atomic E-state index is 12.8. The second-order valence-corrected chi connectivity index (χ2v) is 7.41. The third-order valence-corrected chi connectivity index (χ3v) is 5.03. The molecule has 0 aliphatic rings. The Hall–Kier alpha value is -3.38. The molecule has 29 heavy (non-hydrogen) atoms. The van der Waals surface area contributed by atoms with Crippen molar-refractivity contribution in [3.8, 4) is 5.75 Å². The molecule has 0 fully saturated rings. The van der Waals surface area contributed by atoms with E-state index in [1.54, 1.807) is 37.5 Å². The summed E-state index contributed by atoms with van der Waals surface area (Å²) in [6.45, 7) is 2.38. The summed E-state index contributed by atoms with van der Waals surface area (Å²) >= 11 is 1.49. The van der Waals surface area contributed by atoms with E-state index in [1.165, 1.54) is 11.3 Å². The fourth-order valence-electron chi connectivity index (χ4n) is 2.71. The second kappa shape index (κ2) is 9.71. The average molecular weight is 407 g/mol. The minimum Gasteiger partial charge on any atom is -0.497 e. The summed E-state index contributed by atoms with van der Waals surface area (Å²) in [6.07, 6.45) is 1.68. The Morgan fingerprint density at radius 1 is 1.07 bits per heavy atom. The molecule has 0 saturated heterocycles. The molecular formula is C23H22N2O3S. The summed E-state index contributed by atoms with van der Waals surface area (Å²) in [4.78, 5) is 26.3. The minimum atomic E-state index is -0.360. The first-order chi connectivity index (χ1) is 14.0. The molecular weight excluding hydrogens is 384 g/mol. The molecule has 148 valence electrons.